The summed E-state index contributed by atoms with van der Waals surface area (Å²) in [4.78, 5) is 25.7. The van der Waals surface area contributed by atoms with Gasteiger partial charge < -0.3 is 19.7 Å². The third-order valence-corrected chi connectivity index (χ3v) is 3.31. The first kappa shape index (κ1) is 18.6. The Morgan fingerprint density at radius 2 is 1.59 bits per heavy atom. The number of piperidine rings is 1. The van der Waals surface area contributed by atoms with Gasteiger partial charge in [-0.3, -0.25) is 0 Å². The van der Waals surface area contributed by atoms with Crippen LogP contribution in [0, 0.1) is 5.92 Å². The van der Waals surface area contributed by atoms with Crippen molar-refractivity contribution in [1.82, 2.24) is 10.2 Å². The Labute approximate surface area is 133 Å². The van der Waals surface area contributed by atoms with E-state index in [9.17, 15) is 9.59 Å². The number of alkyl carbamates (subject to hydrolysis) is 1. The van der Waals surface area contributed by atoms with Crippen molar-refractivity contribution in [1.29, 1.82) is 0 Å². The monoisotopic (exact) mass is 314 g/mol. The number of nitrogens with one attached hydrogen (secondary N) is 1. The Morgan fingerprint density at radius 1 is 1.05 bits per heavy atom. The Hall–Kier alpha value is -1.46. The van der Waals surface area contributed by atoms with Gasteiger partial charge in [0.05, 0.1) is 6.04 Å². The van der Waals surface area contributed by atoms with Crippen molar-refractivity contribution in [3.63, 3.8) is 0 Å². The van der Waals surface area contributed by atoms with E-state index >= 15 is 0 Å². The van der Waals surface area contributed by atoms with E-state index in [1.165, 1.54) is 0 Å². The van der Waals surface area contributed by atoms with Crippen LogP contribution >= 0.6 is 0 Å². The van der Waals surface area contributed by atoms with Gasteiger partial charge in [-0.2, -0.15) is 0 Å². The maximum Gasteiger partial charge on any atom is 0.410 e. The number of hydrogen-bond donors (Lipinski definition) is 1. The van der Waals surface area contributed by atoms with E-state index in [1.807, 2.05) is 41.5 Å². The number of hydrogen-bond acceptors (Lipinski definition) is 4. The highest BCUT2D eigenvalue weighted by atomic mass is 16.6. The smallest absolute Gasteiger partial charge is 0.410 e. The minimum atomic E-state index is -0.535. The zero-order valence-corrected chi connectivity index (χ0v) is 14.9. The van der Waals surface area contributed by atoms with Crippen molar-refractivity contribution in [2.24, 2.45) is 5.92 Å². The molecule has 2 atom stereocenters. The SMILES string of the molecule is C[C@@H]1CCN(C(=O)OC(C)(C)C)C[C@H]1NC(=O)OC(C)(C)C. The predicted molar refractivity (Wildman–Crippen MR) is 84.7 cm³/mol. The van der Waals surface area contributed by atoms with Gasteiger partial charge >= 0.3 is 12.2 Å². The van der Waals surface area contributed by atoms with Crippen LogP contribution in [0.2, 0.25) is 0 Å². The summed E-state index contributed by atoms with van der Waals surface area (Å²) in [6.07, 6.45) is 0.0328. The molecular weight excluding hydrogens is 284 g/mol. The average Bonchev–Trinajstić information content (AvgIpc) is 2.27. The number of likely N-dealkylation sites (tertiary alicyclic amines) is 1. The predicted octanol–water partition coefficient (Wildman–Crippen LogP) is 3.16. The molecule has 1 saturated heterocycles. The molecule has 0 aromatic heterocycles. The van der Waals surface area contributed by atoms with Gasteiger partial charge in [0.1, 0.15) is 11.2 Å². The fourth-order valence-electron chi connectivity index (χ4n) is 2.21. The second-order valence-corrected chi connectivity index (χ2v) is 7.95. The molecule has 0 spiro atoms. The number of nitrogens with zero attached hydrogens (tertiary/aromatic N) is 1. The lowest BCUT2D eigenvalue weighted by atomic mass is 9.94. The maximum absolute atomic E-state index is 12.1. The Morgan fingerprint density at radius 3 is 2.09 bits per heavy atom. The molecule has 0 bridgehead atoms. The highest BCUT2D eigenvalue weighted by Gasteiger charge is 2.33. The van der Waals surface area contributed by atoms with E-state index in [0.717, 1.165) is 6.42 Å². The molecule has 2 amide bonds. The zero-order valence-electron chi connectivity index (χ0n) is 14.9. The molecule has 1 fully saturated rings. The van der Waals surface area contributed by atoms with E-state index in [1.54, 1.807) is 4.90 Å². The number of carbonyl (C=O) groups excluding carboxylic acids is 2. The highest BCUT2D eigenvalue weighted by Crippen LogP contribution is 2.20. The third kappa shape index (κ3) is 6.54. The molecule has 1 N–H and O–H groups in total. The van der Waals surface area contributed by atoms with Crippen LogP contribution < -0.4 is 5.32 Å². The van der Waals surface area contributed by atoms with E-state index in [2.05, 4.69) is 12.2 Å². The molecule has 0 saturated carbocycles. The molecule has 0 aliphatic carbocycles. The zero-order chi connectivity index (χ0) is 17.1. The average molecular weight is 314 g/mol. The first-order valence-electron chi connectivity index (χ1n) is 7.85. The minimum Gasteiger partial charge on any atom is -0.444 e. The normalized spacial score (nSPS) is 23.0. The van der Waals surface area contributed by atoms with Crippen LogP contribution in [-0.4, -0.2) is 47.4 Å². The van der Waals surface area contributed by atoms with Gasteiger partial charge in [-0.05, 0) is 53.9 Å². The molecule has 1 aliphatic heterocycles. The quantitative estimate of drug-likeness (QED) is 0.807. The molecule has 0 aromatic rings. The lowest BCUT2D eigenvalue weighted by molar-refractivity contribution is 0.0116. The Balaban J connectivity index is 2.60. The fourth-order valence-corrected chi connectivity index (χ4v) is 2.21. The number of ether oxygens (including phenoxy) is 2. The summed E-state index contributed by atoms with van der Waals surface area (Å²) in [6.45, 7) is 14.1. The second-order valence-electron chi connectivity index (χ2n) is 7.95. The van der Waals surface area contributed by atoms with E-state index in [-0.39, 0.29) is 18.1 Å². The first-order valence-corrected chi connectivity index (χ1v) is 7.85. The van der Waals surface area contributed by atoms with Gasteiger partial charge in [0.25, 0.3) is 0 Å². The van der Waals surface area contributed by atoms with Crippen LogP contribution in [0.4, 0.5) is 9.59 Å². The lowest BCUT2D eigenvalue weighted by Gasteiger charge is -2.38. The molecule has 22 heavy (non-hydrogen) atoms. The second kappa shape index (κ2) is 6.75. The fraction of sp³-hybridized carbons (Fsp3) is 0.875. The van der Waals surface area contributed by atoms with Crippen molar-refractivity contribution >= 4 is 12.2 Å². The number of carbonyl (C=O) groups is 2. The molecule has 1 heterocycles. The summed E-state index contributed by atoms with van der Waals surface area (Å²) >= 11 is 0. The molecule has 128 valence electrons. The molecule has 0 unspecified atom stereocenters. The van der Waals surface area contributed by atoms with E-state index in [4.69, 9.17) is 9.47 Å². The van der Waals surface area contributed by atoms with E-state index in [0.29, 0.717) is 13.1 Å². The first-order chi connectivity index (χ1) is 9.87. The summed E-state index contributed by atoms with van der Waals surface area (Å²) in [5.74, 6) is 0.284. The van der Waals surface area contributed by atoms with Crippen molar-refractivity contribution in [2.45, 2.75) is 72.1 Å². The van der Waals surface area contributed by atoms with Crippen LogP contribution in [0.3, 0.4) is 0 Å². The molecular formula is C16H30N2O4. The molecule has 0 radical (unpaired) electrons. The summed E-state index contributed by atoms with van der Waals surface area (Å²) < 4.78 is 10.7. The molecule has 1 rings (SSSR count). The third-order valence-electron chi connectivity index (χ3n) is 3.31. The van der Waals surface area contributed by atoms with E-state index < -0.39 is 17.3 Å². The van der Waals surface area contributed by atoms with Crippen LogP contribution in [0.25, 0.3) is 0 Å². The maximum atomic E-state index is 12.1. The standard InChI is InChI=1S/C16H30N2O4/c1-11-8-9-18(14(20)22-16(5,6)7)10-12(11)17-13(19)21-15(2,3)4/h11-12H,8-10H2,1-7H3,(H,17,19)/t11-,12-/m1/s1. The van der Waals surface area contributed by atoms with Crippen LogP contribution in [0.15, 0.2) is 0 Å². The van der Waals surface area contributed by atoms with Gasteiger partial charge in [0.15, 0.2) is 0 Å². The number of rotatable bonds is 1. The Bertz CT molecular complexity index is 409. The van der Waals surface area contributed by atoms with Gasteiger partial charge in [-0.15, -0.1) is 0 Å². The van der Waals surface area contributed by atoms with Gasteiger partial charge in [0.2, 0.25) is 0 Å². The topological polar surface area (TPSA) is 67.9 Å². The highest BCUT2D eigenvalue weighted by molar-refractivity contribution is 5.70. The van der Waals surface area contributed by atoms with Crippen molar-refractivity contribution in [3.05, 3.63) is 0 Å². The lowest BCUT2D eigenvalue weighted by Crippen LogP contribution is -2.54. The van der Waals surface area contributed by atoms with Gasteiger partial charge in [-0.25, -0.2) is 9.59 Å². The van der Waals surface area contributed by atoms with Crippen molar-refractivity contribution in [2.75, 3.05) is 13.1 Å². The number of amides is 2. The van der Waals surface area contributed by atoms with Crippen LogP contribution in [-0.2, 0) is 9.47 Å². The molecule has 1 aliphatic rings. The summed E-state index contributed by atoms with van der Waals surface area (Å²) in [7, 11) is 0. The molecule has 0 aromatic carbocycles. The van der Waals surface area contributed by atoms with Gasteiger partial charge in [0, 0.05) is 13.1 Å². The minimum absolute atomic E-state index is 0.129. The van der Waals surface area contributed by atoms with Crippen LogP contribution in [0.1, 0.15) is 54.9 Å². The summed E-state index contributed by atoms with van der Waals surface area (Å²) in [6, 6.07) is -0.129. The molecule has 6 nitrogen and oxygen atoms in total. The van der Waals surface area contributed by atoms with Crippen molar-refractivity contribution in [3.8, 4) is 0 Å². The summed E-state index contributed by atoms with van der Waals surface area (Å²) in [5.41, 5.74) is -1.05. The summed E-state index contributed by atoms with van der Waals surface area (Å²) in [5, 5.41) is 2.86. The van der Waals surface area contributed by atoms with Gasteiger partial charge in [-0.1, -0.05) is 6.92 Å². The van der Waals surface area contributed by atoms with Crippen LogP contribution in [0.5, 0.6) is 0 Å². The molecule has 6 heteroatoms. The largest absolute Gasteiger partial charge is 0.444 e. The Kier molecular flexibility index (Phi) is 5.70. The van der Waals surface area contributed by atoms with Crippen molar-refractivity contribution < 1.29 is 19.1 Å².